The van der Waals surface area contributed by atoms with E-state index in [0.717, 1.165) is 44.8 Å². The van der Waals surface area contributed by atoms with E-state index in [2.05, 4.69) is 218 Å². The summed E-state index contributed by atoms with van der Waals surface area (Å²) in [6.45, 7) is 2.13. The molecule has 0 aliphatic heterocycles. The zero-order valence-electron chi connectivity index (χ0n) is 34.1. The van der Waals surface area contributed by atoms with Crippen LogP contribution < -0.4 is 0 Å². The van der Waals surface area contributed by atoms with Crippen molar-refractivity contribution in [2.24, 2.45) is 0 Å². The van der Waals surface area contributed by atoms with Crippen molar-refractivity contribution < 1.29 is 0 Å². The van der Waals surface area contributed by atoms with Crippen LogP contribution in [0.4, 0.5) is 0 Å². The summed E-state index contributed by atoms with van der Waals surface area (Å²) >= 11 is 0. The average Bonchev–Trinajstić information content (AvgIpc) is 3.81. The van der Waals surface area contributed by atoms with E-state index in [0.29, 0.717) is 5.82 Å². The molecule has 2 aromatic heterocycles. The first-order chi connectivity index (χ1) is 30.6. The predicted octanol–water partition coefficient (Wildman–Crippen LogP) is 14.5. The van der Waals surface area contributed by atoms with Crippen LogP contribution in [-0.4, -0.2) is 15.0 Å². The summed E-state index contributed by atoms with van der Waals surface area (Å²) in [5, 5.41) is 0. The summed E-state index contributed by atoms with van der Waals surface area (Å²) in [6.07, 6.45) is 3.81. The number of aromatic nitrogens is 3. The molecular weight excluding hydrogens is 751 g/mol. The lowest BCUT2D eigenvalue weighted by atomic mass is 9.70. The van der Waals surface area contributed by atoms with Gasteiger partial charge in [-0.1, -0.05) is 176 Å². The number of rotatable bonds is 6. The smallest absolute Gasteiger partial charge is 0.161 e. The summed E-state index contributed by atoms with van der Waals surface area (Å²) in [5.74, 6) is 0.698. The maximum atomic E-state index is 5.42. The quantitative estimate of drug-likeness (QED) is 0.168. The third-order valence-corrected chi connectivity index (χ3v) is 13.0. The van der Waals surface area contributed by atoms with Crippen molar-refractivity contribution in [2.45, 2.75) is 12.3 Å². The van der Waals surface area contributed by atoms with E-state index >= 15 is 0 Å². The lowest BCUT2D eigenvalue weighted by Crippen LogP contribution is -2.25. The molecule has 10 aromatic rings. The van der Waals surface area contributed by atoms with Crippen molar-refractivity contribution in [3.8, 4) is 89.5 Å². The van der Waals surface area contributed by atoms with Crippen LogP contribution in [-0.2, 0) is 5.41 Å². The number of fused-ring (bicyclic) bond motifs is 10. The monoisotopic (exact) mass is 789 g/mol. The summed E-state index contributed by atoms with van der Waals surface area (Å²) in [5.41, 5.74) is 22.8. The zero-order chi connectivity index (χ0) is 41.2. The number of aryl methyl sites for hydroxylation is 1. The molecule has 62 heavy (non-hydrogen) atoms. The lowest BCUT2D eigenvalue weighted by Gasteiger charge is -2.30. The lowest BCUT2D eigenvalue weighted by molar-refractivity contribution is 0.794. The standard InChI is InChI=1S/C59H39N3/c1-38-37-60-32-31-45(38)43-20-14-19-41(33-43)42-27-29-54-50(34-42)51-35-44(28-30-55(51)59(54)52-25-12-10-22-47(52)48-23-11-13-26-53(48)59)57-36-56(40-17-6-3-7-18-40)61-58(62-57)49-24-9-8-21-46(49)39-15-4-2-5-16-39/h2-37H,1H3. The Bertz CT molecular complexity index is 3320. The zero-order valence-corrected chi connectivity index (χ0v) is 34.1. The van der Waals surface area contributed by atoms with Gasteiger partial charge in [-0.3, -0.25) is 4.98 Å². The van der Waals surface area contributed by atoms with Crippen LogP contribution in [0.5, 0.6) is 0 Å². The molecule has 0 radical (unpaired) electrons. The van der Waals surface area contributed by atoms with Gasteiger partial charge >= 0.3 is 0 Å². The van der Waals surface area contributed by atoms with Crippen LogP contribution >= 0.6 is 0 Å². The van der Waals surface area contributed by atoms with Crippen molar-refractivity contribution in [2.75, 3.05) is 0 Å². The van der Waals surface area contributed by atoms with Crippen molar-refractivity contribution >= 4 is 0 Å². The molecule has 0 saturated heterocycles. The molecule has 2 heterocycles. The van der Waals surface area contributed by atoms with Crippen molar-refractivity contribution in [1.82, 2.24) is 15.0 Å². The minimum absolute atomic E-state index is 0.467. The highest BCUT2D eigenvalue weighted by Gasteiger charge is 2.51. The molecule has 8 aromatic carbocycles. The van der Waals surface area contributed by atoms with Crippen molar-refractivity contribution in [3.63, 3.8) is 0 Å². The summed E-state index contributed by atoms with van der Waals surface area (Å²) in [7, 11) is 0. The van der Waals surface area contributed by atoms with Crippen molar-refractivity contribution in [3.05, 3.63) is 246 Å². The third-order valence-electron chi connectivity index (χ3n) is 13.0. The van der Waals surface area contributed by atoms with Crippen LogP contribution in [0, 0.1) is 6.92 Å². The summed E-state index contributed by atoms with van der Waals surface area (Å²) in [4.78, 5) is 15.0. The fraction of sp³-hybridized carbons (Fsp3) is 0.0339. The molecule has 2 aliphatic carbocycles. The van der Waals surface area contributed by atoms with Gasteiger partial charge in [-0.05, 0) is 121 Å². The fourth-order valence-electron chi connectivity index (χ4n) is 10.2. The van der Waals surface area contributed by atoms with E-state index in [1.54, 1.807) is 0 Å². The average molecular weight is 790 g/mol. The Kier molecular flexibility index (Phi) is 8.29. The van der Waals surface area contributed by atoms with Gasteiger partial charge in [0.1, 0.15) is 0 Å². The van der Waals surface area contributed by atoms with Gasteiger partial charge < -0.3 is 0 Å². The van der Waals surface area contributed by atoms with E-state index < -0.39 is 5.41 Å². The number of hydrogen-bond acceptors (Lipinski definition) is 3. The Morgan fingerprint density at radius 3 is 1.50 bits per heavy atom. The molecule has 3 nitrogen and oxygen atoms in total. The van der Waals surface area contributed by atoms with Gasteiger partial charge in [0, 0.05) is 29.1 Å². The molecular formula is C59H39N3. The highest BCUT2D eigenvalue weighted by atomic mass is 14.9. The predicted molar refractivity (Wildman–Crippen MR) is 253 cm³/mol. The topological polar surface area (TPSA) is 38.7 Å². The maximum Gasteiger partial charge on any atom is 0.161 e. The normalized spacial score (nSPS) is 12.7. The minimum Gasteiger partial charge on any atom is -0.264 e. The molecule has 12 rings (SSSR count). The number of nitrogens with zero attached hydrogens (tertiary/aromatic N) is 3. The second kappa shape index (κ2) is 14.3. The molecule has 2 aliphatic rings. The van der Waals surface area contributed by atoms with E-state index in [9.17, 15) is 0 Å². The number of pyridine rings is 1. The Hall–Kier alpha value is -8.01. The minimum atomic E-state index is -0.467. The summed E-state index contributed by atoms with van der Waals surface area (Å²) in [6, 6.07) is 74.8. The second-order valence-corrected chi connectivity index (χ2v) is 16.4. The Labute approximate surface area is 361 Å². The van der Waals surface area contributed by atoms with Gasteiger partial charge in [0.2, 0.25) is 0 Å². The maximum absolute atomic E-state index is 5.42. The highest BCUT2D eigenvalue weighted by molar-refractivity contribution is 5.97. The van der Waals surface area contributed by atoms with E-state index in [1.807, 2.05) is 12.4 Å². The molecule has 3 heteroatoms. The van der Waals surface area contributed by atoms with Gasteiger partial charge in [-0.15, -0.1) is 0 Å². The van der Waals surface area contributed by atoms with Gasteiger partial charge in [0.05, 0.1) is 16.8 Å². The molecule has 0 bridgehead atoms. The van der Waals surface area contributed by atoms with Gasteiger partial charge in [0.15, 0.2) is 5.82 Å². The first-order valence-electron chi connectivity index (χ1n) is 21.2. The Balaban J connectivity index is 1.09. The Morgan fingerprint density at radius 1 is 0.323 bits per heavy atom. The van der Waals surface area contributed by atoms with E-state index in [1.165, 1.54) is 66.8 Å². The molecule has 1 spiro atoms. The molecule has 0 amide bonds. The molecule has 0 N–H and O–H groups in total. The van der Waals surface area contributed by atoms with Gasteiger partial charge in [-0.25, -0.2) is 9.97 Å². The van der Waals surface area contributed by atoms with Crippen LogP contribution in [0.2, 0.25) is 0 Å². The van der Waals surface area contributed by atoms with Gasteiger partial charge in [-0.2, -0.15) is 0 Å². The third kappa shape index (κ3) is 5.56. The largest absolute Gasteiger partial charge is 0.264 e. The van der Waals surface area contributed by atoms with Crippen LogP contribution in [0.25, 0.3) is 89.5 Å². The van der Waals surface area contributed by atoms with E-state index in [-0.39, 0.29) is 0 Å². The van der Waals surface area contributed by atoms with Crippen LogP contribution in [0.3, 0.4) is 0 Å². The SMILES string of the molecule is Cc1cnccc1-c1cccc(-c2ccc3c(c2)-c2cc(-c4cc(-c5ccccc5)nc(-c5ccccc5-c5ccccc5)n4)ccc2C32c3ccccc3-c3ccccc32)c1. The molecule has 0 fully saturated rings. The first kappa shape index (κ1) is 35.9. The van der Waals surface area contributed by atoms with Gasteiger partial charge in [0.25, 0.3) is 0 Å². The fourth-order valence-corrected chi connectivity index (χ4v) is 10.2. The van der Waals surface area contributed by atoms with Crippen LogP contribution in [0.15, 0.2) is 219 Å². The highest BCUT2D eigenvalue weighted by Crippen LogP contribution is 2.63. The first-order valence-corrected chi connectivity index (χ1v) is 21.2. The molecule has 0 unspecified atom stereocenters. The van der Waals surface area contributed by atoms with Crippen LogP contribution in [0.1, 0.15) is 27.8 Å². The number of benzene rings is 8. The molecule has 290 valence electrons. The summed E-state index contributed by atoms with van der Waals surface area (Å²) < 4.78 is 0. The second-order valence-electron chi connectivity index (χ2n) is 16.4. The van der Waals surface area contributed by atoms with E-state index in [4.69, 9.17) is 9.97 Å². The van der Waals surface area contributed by atoms with Crippen molar-refractivity contribution in [1.29, 1.82) is 0 Å². The number of hydrogen-bond donors (Lipinski definition) is 0. The Morgan fingerprint density at radius 2 is 0.823 bits per heavy atom. The molecule has 0 atom stereocenters. The molecule has 0 saturated carbocycles.